The van der Waals surface area contributed by atoms with Gasteiger partial charge >= 0.3 is 0 Å². The molecule has 0 aromatic heterocycles. The minimum Gasteiger partial charge on any atom is -0.310 e. The number of halogens is 3. The summed E-state index contributed by atoms with van der Waals surface area (Å²) < 4.78 is 0. The Hall–Kier alpha value is 0.01000. The van der Waals surface area contributed by atoms with E-state index in [9.17, 15) is 0 Å². The third-order valence-electron chi connectivity index (χ3n) is 4.51. The fraction of sp³-hybridized carbons (Fsp3) is 0.600. The quantitative estimate of drug-likeness (QED) is 0.866. The van der Waals surface area contributed by atoms with Gasteiger partial charge in [0.05, 0.1) is 0 Å². The van der Waals surface area contributed by atoms with E-state index in [2.05, 4.69) is 17.1 Å². The first kappa shape index (κ1) is 16.4. The first-order chi connectivity index (χ1) is 9.13. The van der Waals surface area contributed by atoms with E-state index in [1.807, 2.05) is 18.2 Å². The zero-order valence-electron chi connectivity index (χ0n) is 11.6. The van der Waals surface area contributed by atoms with Crippen LogP contribution in [-0.2, 0) is 0 Å². The van der Waals surface area contributed by atoms with Crippen molar-refractivity contribution in [1.82, 2.24) is 10.2 Å². The van der Waals surface area contributed by atoms with Crippen molar-refractivity contribution in [3.8, 4) is 0 Å². The van der Waals surface area contributed by atoms with Crippen molar-refractivity contribution in [3.63, 3.8) is 0 Å². The normalized spacial score (nSPS) is 27.8. The Labute approximate surface area is 137 Å². The number of hydrogen-bond donors (Lipinski definition) is 1. The van der Waals surface area contributed by atoms with Crippen LogP contribution in [-0.4, -0.2) is 30.1 Å². The van der Waals surface area contributed by atoms with Gasteiger partial charge < -0.3 is 5.32 Å². The van der Waals surface area contributed by atoms with Crippen LogP contribution in [0.15, 0.2) is 18.2 Å². The number of rotatable bonds is 2. The Morgan fingerprint density at radius 1 is 1.20 bits per heavy atom. The van der Waals surface area contributed by atoms with Gasteiger partial charge in [-0.3, -0.25) is 4.90 Å². The smallest absolute Gasteiger partial charge is 0.0454 e. The highest BCUT2D eigenvalue weighted by Crippen LogP contribution is 2.32. The number of fused-ring (bicyclic) bond motifs is 2. The fourth-order valence-corrected chi connectivity index (χ4v) is 3.81. The molecule has 3 atom stereocenters. The van der Waals surface area contributed by atoms with Crippen LogP contribution in [0.2, 0.25) is 10.0 Å². The maximum Gasteiger partial charge on any atom is 0.0454 e. The summed E-state index contributed by atoms with van der Waals surface area (Å²) in [5.74, 6) is 0. The highest BCUT2D eigenvalue weighted by atomic mass is 35.5. The summed E-state index contributed by atoms with van der Waals surface area (Å²) in [4.78, 5) is 2.54. The third kappa shape index (κ3) is 3.42. The molecular weight excluding hydrogens is 315 g/mol. The molecule has 2 aliphatic heterocycles. The van der Waals surface area contributed by atoms with E-state index in [0.717, 1.165) is 34.7 Å². The molecule has 1 N–H and O–H groups in total. The predicted octanol–water partition coefficient (Wildman–Crippen LogP) is 4.30. The van der Waals surface area contributed by atoms with Crippen LogP contribution in [0.25, 0.3) is 0 Å². The number of nitrogens with one attached hydrogen (secondary N) is 1. The van der Waals surface area contributed by atoms with Gasteiger partial charge in [0.25, 0.3) is 0 Å². The van der Waals surface area contributed by atoms with Crippen molar-refractivity contribution < 1.29 is 0 Å². The molecule has 2 nitrogen and oxygen atoms in total. The van der Waals surface area contributed by atoms with Crippen LogP contribution < -0.4 is 5.32 Å². The lowest BCUT2D eigenvalue weighted by Crippen LogP contribution is -2.36. The lowest BCUT2D eigenvalue weighted by Gasteiger charge is -2.31. The minimum absolute atomic E-state index is 0. The van der Waals surface area contributed by atoms with E-state index >= 15 is 0 Å². The van der Waals surface area contributed by atoms with E-state index in [1.165, 1.54) is 19.3 Å². The Morgan fingerprint density at radius 2 is 1.95 bits per heavy atom. The van der Waals surface area contributed by atoms with Crippen LogP contribution >= 0.6 is 35.6 Å². The molecule has 1 aromatic carbocycles. The molecule has 0 saturated carbocycles. The summed E-state index contributed by atoms with van der Waals surface area (Å²) in [6.07, 6.45) is 3.88. The molecule has 2 heterocycles. The zero-order chi connectivity index (χ0) is 13.4. The van der Waals surface area contributed by atoms with Crippen molar-refractivity contribution in [2.75, 3.05) is 13.1 Å². The van der Waals surface area contributed by atoms with Crippen LogP contribution in [0.4, 0.5) is 0 Å². The Morgan fingerprint density at radius 3 is 2.75 bits per heavy atom. The molecule has 0 spiro atoms. The van der Waals surface area contributed by atoms with Gasteiger partial charge in [0.2, 0.25) is 0 Å². The second-order valence-corrected chi connectivity index (χ2v) is 6.61. The lowest BCUT2D eigenvalue weighted by atomic mass is 10.0. The molecule has 2 fully saturated rings. The standard InChI is InChI=1S/C15H20Cl2N2.ClH/c1-10(14-8-11(16)2-5-15(14)17)19-7-6-12-3-4-13(9-19)18-12;/h2,5,8,10,12-13,18H,3-4,6-7,9H2,1H3;1H. The maximum absolute atomic E-state index is 6.33. The second-order valence-electron chi connectivity index (χ2n) is 5.76. The van der Waals surface area contributed by atoms with Crippen molar-refractivity contribution in [2.24, 2.45) is 0 Å². The van der Waals surface area contributed by atoms with E-state index in [1.54, 1.807) is 0 Å². The summed E-state index contributed by atoms with van der Waals surface area (Å²) in [7, 11) is 0. The van der Waals surface area contributed by atoms with Gasteiger partial charge in [-0.2, -0.15) is 0 Å². The Bertz CT molecular complexity index is 466. The highest BCUT2D eigenvalue weighted by Gasteiger charge is 2.31. The van der Waals surface area contributed by atoms with E-state index in [-0.39, 0.29) is 12.4 Å². The molecule has 0 radical (unpaired) electrons. The number of nitrogens with zero attached hydrogens (tertiary/aromatic N) is 1. The number of hydrogen-bond acceptors (Lipinski definition) is 2. The second kappa shape index (κ2) is 6.85. The lowest BCUT2D eigenvalue weighted by molar-refractivity contribution is 0.200. The van der Waals surface area contributed by atoms with Gasteiger partial charge in [0.1, 0.15) is 0 Å². The molecule has 2 saturated heterocycles. The average Bonchev–Trinajstić information content (AvgIpc) is 2.71. The SMILES string of the molecule is CC(c1cc(Cl)ccc1Cl)N1CCC2CCC(C1)N2.Cl. The van der Waals surface area contributed by atoms with Crippen LogP contribution in [0.1, 0.15) is 37.8 Å². The topological polar surface area (TPSA) is 15.3 Å². The third-order valence-corrected chi connectivity index (χ3v) is 5.09. The first-order valence-corrected chi connectivity index (χ1v) is 7.84. The molecule has 2 bridgehead atoms. The summed E-state index contributed by atoms with van der Waals surface area (Å²) in [5, 5.41) is 5.30. The monoisotopic (exact) mass is 334 g/mol. The van der Waals surface area contributed by atoms with Crippen molar-refractivity contribution in [3.05, 3.63) is 33.8 Å². The largest absolute Gasteiger partial charge is 0.310 e. The van der Waals surface area contributed by atoms with Gasteiger partial charge in [-0.15, -0.1) is 12.4 Å². The average molecular weight is 336 g/mol. The molecule has 20 heavy (non-hydrogen) atoms. The number of benzene rings is 1. The number of likely N-dealkylation sites (tertiary alicyclic amines) is 1. The minimum atomic E-state index is 0. The molecule has 1 aromatic rings. The summed E-state index contributed by atoms with van der Waals surface area (Å²) >= 11 is 12.4. The summed E-state index contributed by atoms with van der Waals surface area (Å²) in [5.41, 5.74) is 1.15. The van der Waals surface area contributed by atoms with Crippen molar-refractivity contribution >= 4 is 35.6 Å². The maximum atomic E-state index is 6.33. The first-order valence-electron chi connectivity index (χ1n) is 7.08. The van der Waals surface area contributed by atoms with Gasteiger partial charge in [-0.05, 0) is 49.9 Å². The van der Waals surface area contributed by atoms with Gasteiger partial charge in [0, 0.05) is 41.3 Å². The molecule has 2 aliphatic rings. The van der Waals surface area contributed by atoms with Gasteiger partial charge in [-0.1, -0.05) is 23.2 Å². The van der Waals surface area contributed by atoms with Crippen LogP contribution in [0, 0.1) is 0 Å². The molecule has 3 rings (SSSR count). The van der Waals surface area contributed by atoms with Crippen LogP contribution in [0.3, 0.4) is 0 Å². The fourth-order valence-electron chi connectivity index (χ4n) is 3.35. The van der Waals surface area contributed by atoms with Crippen LogP contribution in [0.5, 0.6) is 0 Å². The van der Waals surface area contributed by atoms with E-state index in [0.29, 0.717) is 12.1 Å². The molecule has 3 unspecified atom stereocenters. The molecule has 0 amide bonds. The molecule has 5 heteroatoms. The van der Waals surface area contributed by atoms with E-state index < -0.39 is 0 Å². The molecule has 112 valence electrons. The summed E-state index contributed by atoms with van der Waals surface area (Å²) in [6, 6.07) is 7.45. The van der Waals surface area contributed by atoms with Gasteiger partial charge in [-0.25, -0.2) is 0 Å². The van der Waals surface area contributed by atoms with E-state index in [4.69, 9.17) is 23.2 Å². The predicted molar refractivity (Wildman–Crippen MR) is 88.3 cm³/mol. The van der Waals surface area contributed by atoms with Crippen molar-refractivity contribution in [1.29, 1.82) is 0 Å². The molecule has 0 aliphatic carbocycles. The van der Waals surface area contributed by atoms with Gasteiger partial charge in [0.15, 0.2) is 0 Å². The Balaban J connectivity index is 0.00000147. The Kier molecular flexibility index (Phi) is 5.61. The highest BCUT2D eigenvalue weighted by molar-refractivity contribution is 6.33. The zero-order valence-corrected chi connectivity index (χ0v) is 13.9. The summed E-state index contributed by atoms with van der Waals surface area (Å²) in [6.45, 7) is 4.48. The molecular formula is C15H21Cl3N2. The van der Waals surface area contributed by atoms with Crippen molar-refractivity contribution in [2.45, 2.75) is 44.3 Å².